The van der Waals surface area contributed by atoms with Crippen molar-refractivity contribution in [2.75, 3.05) is 5.32 Å². The monoisotopic (exact) mass is 365 g/mol. The summed E-state index contributed by atoms with van der Waals surface area (Å²) in [5, 5.41) is 3.70. The lowest BCUT2D eigenvalue weighted by Gasteiger charge is -2.11. The summed E-state index contributed by atoms with van der Waals surface area (Å²) in [5.74, 6) is -0.982. The molecule has 0 aliphatic heterocycles. The van der Waals surface area contributed by atoms with Gasteiger partial charge < -0.3 is 5.32 Å². The number of anilines is 1. The first kappa shape index (κ1) is 14.6. The van der Waals surface area contributed by atoms with Crippen molar-refractivity contribution in [2.24, 2.45) is 0 Å². The van der Waals surface area contributed by atoms with Crippen molar-refractivity contribution in [3.05, 3.63) is 62.0 Å². The second-order valence-electron chi connectivity index (χ2n) is 3.83. The molecule has 0 aliphatic rings. The predicted molar refractivity (Wildman–Crippen MR) is 77.8 cm³/mol. The van der Waals surface area contributed by atoms with E-state index in [0.29, 0.717) is 15.7 Å². The number of nitrogens with one attached hydrogen (secondary N) is 1. The molecular formula is C13H8BrCl2F2N. The largest absolute Gasteiger partial charge is 0.378 e. The molecule has 0 aliphatic carbocycles. The Morgan fingerprint density at radius 1 is 1.05 bits per heavy atom. The minimum Gasteiger partial charge on any atom is -0.378 e. The fraction of sp³-hybridized carbons (Fsp3) is 0.0769. The van der Waals surface area contributed by atoms with Gasteiger partial charge in [-0.1, -0.05) is 39.1 Å². The summed E-state index contributed by atoms with van der Waals surface area (Å²) in [4.78, 5) is 0. The second kappa shape index (κ2) is 6.07. The summed E-state index contributed by atoms with van der Waals surface area (Å²) < 4.78 is 27.2. The third-order valence-corrected chi connectivity index (χ3v) is 3.52. The third kappa shape index (κ3) is 3.59. The average Bonchev–Trinajstić information content (AvgIpc) is 2.32. The van der Waals surface area contributed by atoms with Crippen LogP contribution in [0.1, 0.15) is 5.56 Å². The van der Waals surface area contributed by atoms with Gasteiger partial charge in [0.1, 0.15) is 11.6 Å². The molecule has 0 amide bonds. The lowest BCUT2D eigenvalue weighted by Crippen LogP contribution is -2.03. The fourth-order valence-electron chi connectivity index (χ4n) is 1.57. The molecule has 100 valence electrons. The van der Waals surface area contributed by atoms with E-state index in [4.69, 9.17) is 23.2 Å². The molecule has 0 saturated carbocycles. The lowest BCUT2D eigenvalue weighted by atomic mass is 10.2. The average molecular weight is 367 g/mol. The molecule has 0 unspecified atom stereocenters. The van der Waals surface area contributed by atoms with Gasteiger partial charge in [-0.2, -0.15) is 0 Å². The first-order valence-electron chi connectivity index (χ1n) is 5.29. The van der Waals surface area contributed by atoms with E-state index in [1.165, 1.54) is 0 Å². The van der Waals surface area contributed by atoms with Gasteiger partial charge >= 0.3 is 0 Å². The molecule has 19 heavy (non-hydrogen) atoms. The normalized spacial score (nSPS) is 10.6. The van der Waals surface area contributed by atoms with Crippen molar-refractivity contribution < 1.29 is 8.78 Å². The Kier molecular flexibility index (Phi) is 4.66. The molecular weight excluding hydrogens is 359 g/mol. The number of hydrogen-bond donors (Lipinski definition) is 1. The standard InChI is InChI=1S/C13H8BrCl2F2N/c14-8-4-10(15)13(11(16)5-8)19-6-7-3-9(17)1-2-12(7)18/h1-5,19H,6H2. The molecule has 6 heteroatoms. The topological polar surface area (TPSA) is 12.0 Å². The Labute approximate surface area is 127 Å². The minimum absolute atomic E-state index is 0.0880. The first-order valence-corrected chi connectivity index (χ1v) is 6.84. The van der Waals surface area contributed by atoms with Crippen molar-refractivity contribution in [3.8, 4) is 0 Å². The number of benzene rings is 2. The molecule has 0 bridgehead atoms. The van der Waals surface area contributed by atoms with Gasteiger partial charge in [0, 0.05) is 16.6 Å². The highest BCUT2D eigenvalue weighted by atomic mass is 79.9. The zero-order valence-corrected chi connectivity index (χ0v) is 12.6. The van der Waals surface area contributed by atoms with Crippen LogP contribution in [0.5, 0.6) is 0 Å². The SMILES string of the molecule is Fc1ccc(F)c(CNc2c(Cl)cc(Br)cc2Cl)c1. The van der Waals surface area contributed by atoms with Gasteiger partial charge in [-0.3, -0.25) is 0 Å². The van der Waals surface area contributed by atoms with Crippen LogP contribution in [0, 0.1) is 11.6 Å². The van der Waals surface area contributed by atoms with Crippen LogP contribution in [0.25, 0.3) is 0 Å². The second-order valence-corrected chi connectivity index (χ2v) is 5.56. The summed E-state index contributed by atoms with van der Waals surface area (Å²) in [7, 11) is 0. The molecule has 0 aromatic heterocycles. The summed E-state index contributed by atoms with van der Waals surface area (Å²) in [5.41, 5.74) is 0.685. The van der Waals surface area contributed by atoms with E-state index in [2.05, 4.69) is 21.2 Å². The zero-order valence-electron chi connectivity index (χ0n) is 9.48. The Morgan fingerprint density at radius 3 is 2.32 bits per heavy atom. The van der Waals surface area contributed by atoms with Crippen molar-refractivity contribution in [2.45, 2.75) is 6.54 Å². The van der Waals surface area contributed by atoms with Crippen LogP contribution in [-0.4, -0.2) is 0 Å². The smallest absolute Gasteiger partial charge is 0.128 e. The number of halogens is 5. The first-order chi connectivity index (χ1) is 8.97. The van der Waals surface area contributed by atoms with Crippen molar-refractivity contribution in [3.63, 3.8) is 0 Å². The van der Waals surface area contributed by atoms with Gasteiger partial charge in [0.25, 0.3) is 0 Å². The van der Waals surface area contributed by atoms with Gasteiger partial charge in [-0.05, 0) is 30.3 Å². The fourth-order valence-corrected chi connectivity index (χ4v) is 2.92. The van der Waals surface area contributed by atoms with Gasteiger partial charge in [-0.25, -0.2) is 8.78 Å². The summed E-state index contributed by atoms with van der Waals surface area (Å²) in [6.07, 6.45) is 0. The summed E-state index contributed by atoms with van der Waals surface area (Å²) in [6, 6.07) is 6.61. The highest BCUT2D eigenvalue weighted by molar-refractivity contribution is 9.10. The van der Waals surface area contributed by atoms with Crippen molar-refractivity contribution >= 4 is 44.8 Å². The molecule has 0 atom stereocenters. The highest BCUT2D eigenvalue weighted by Gasteiger charge is 2.09. The van der Waals surface area contributed by atoms with E-state index >= 15 is 0 Å². The van der Waals surface area contributed by atoms with Crippen LogP contribution in [0.3, 0.4) is 0 Å². The van der Waals surface area contributed by atoms with E-state index in [1.54, 1.807) is 12.1 Å². The number of rotatable bonds is 3. The Bertz CT molecular complexity index is 597. The van der Waals surface area contributed by atoms with Gasteiger partial charge in [-0.15, -0.1) is 0 Å². The quantitative estimate of drug-likeness (QED) is 0.740. The Morgan fingerprint density at radius 2 is 1.68 bits per heavy atom. The van der Waals surface area contributed by atoms with Crippen LogP contribution in [0.15, 0.2) is 34.8 Å². The van der Waals surface area contributed by atoms with Crippen LogP contribution in [-0.2, 0) is 6.54 Å². The maximum absolute atomic E-state index is 13.5. The van der Waals surface area contributed by atoms with Crippen LogP contribution < -0.4 is 5.32 Å². The third-order valence-electron chi connectivity index (χ3n) is 2.47. The van der Waals surface area contributed by atoms with Crippen molar-refractivity contribution in [1.29, 1.82) is 0 Å². The minimum atomic E-state index is -0.494. The summed E-state index contributed by atoms with van der Waals surface area (Å²) in [6.45, 7) is 0.0880. The van der Waals surface area contributed by atoms with E-state index < -0.39 is 11.6 Å². The van der Waals surface area contributed by atoms with Crippen LogP contribution >= 0.6 is 39.1 Å². The van der Waals surface area contributed by atoms with Gasteiger partial charge in [0.05, 0.1) is 15.7 Å². The molecule has 2 aromatic rings. The Balaban J connectivity index is 2.21. The zero-order chi connectivity index (χ0) is 14.0. The predicted octanol–water partition coefficient (Wildman–Crippen LogP) is 5.65. The molecule has 2 rings (SSSR count). The van der Waals surface area contributed by atoms with E-state index in [-0.39, 0.29) is 12.1 Å². The number of hydrogen-bond acceptors (Lipinski definition) is 1. The van der Waals surface area contributed by atoms with Crippen molar-refractivity contribution in [1.82, 2.24) is 0 Å². The maximum atomic E-state index is 13.5. The van der Waals surface area contributed by atoms with Crippen LogP contribution in [0.4, 0.5) is 14.5 Å². The lowest BCUT2D eigenvalue weighted by molar-refractivity contribution is 0.587. The van der Waals surface area contributed by atoms with Gasteiger partial charge in [0.15, 0.2) is 0 Å². The molecule has 0 heterocycles. The van der Waals surface area contributed by atoms with E-state index in [0.717, 1.165) is 22.7 Å². The summed E-state index contributed by atoms with van der Waals surface area (Å²) >= 11 is 15.3. The molecule has 0 saturated heterocycles. The molecule has 1 N–H and O–H groups in total. The van der Waals surface area contributed by atoms with Crippen LogP contribution in [0.2, 0.25) is 10.0 Å². The molecule has 0 radical (unpaired) electrons. The molecule has 0 spiro atoms. The van der Waals surface area contributed by atoms with Gasteiger partial charge in [0.2, 0.25) is 0 Å². The van der Waals surface area contributed by atoms with E-state index in [9.17, 15) is 8.78 Å². The highest BCUT2D eigenvalue weighted by Crippen LogP contribution is 2.34. The molecule has 0 fully saturated rings. The molecule has 2 aromatic carbocycles. The molecule has 1 nitrogen and oxygen atoms in total. The Hall–Kier alpha value is -0.840. The van der Waals surface area contributed by atoms with E-state index in [1.807, 2.05) is 0 Å². The maximum Gasteiger partial charge on any atom is 0.128 e.